The first-order valence-corrected chi connectivity index (χ1v) is 6.25. The summed E-state index contributed by atoms with van der Waals surface area (Å²) in [5.74, 6) is -0.0117. The highest BCUT2D eigenvalue weighted by atomic mass is 79.9. The summed E-state index contributed by atoms with van der Waals surface area (Å²) in [4.78, 5) is 13.9. The van der Waals surface area contributed by atoms with E-state index in [4.69, 9.17) is 17.3 Å². The number of nitrogens with zero attached hydrogens (tertiary/aromatic N) is 1. The van der Waals surface area contributed by atoms with E-state index in [0.29, 0.717) is 17.1 Å². The van der Waals surface area contributed by atoms with Gasteiger partial charge in [-0.3, -0.25) is 4.79 Å². The summed E-state index contributed by atoms with van der Waals surface area (Å²) in [6.45, 7) is 1.34. The Labute approximate surface area is 108 Å². The Morgan fingerprint density at radius 1 is 1.56 bits per heavy atom. The summed E-state index contributed by atoms with van der Waals surface area (Å²) in [7, 11) is 0. The molecule has 1 aliphatic heterocycles. The second-order valence-corrected chi connectivity index (χ2v) is 5.21. The van der Waals surface area contributed by atoms with Gasteiger partial charge in [0.05, 0.1) is 5.56 Å². The van der Waals surface area contributed by atoms with Gasteiger partial charge in [0.15, 0.2) is 0 Å². The van der Waals surface area contributed by atoms with Gasteiger partial charge in [-0.1, -0.05) is 11.6 Å². The second kappa shape index (κ2) is 4.73. The fourth-order valence-electron chi connectivity index (χ4n) is 1.80. The van der Waals surface area contributed by atoms with Gasteiger partial charge in [-0.05, 0) is 40.5 Å². The van der Waals surface area contributed by atoms with Gasteiger partial charge in [-0.2, -0.15) is 0 Å². The molecule has 1 aromatic rings. The summed E-state index contributed by atoms with van der Waals surface area (Å²) in [5, 5.41) is 0.565. The van der Waals surface area contributed by atoms with Crippen LogP contribution >= 0.6 is 27.5 Å². The molecule has 1 aliphatic rings. The zero-order valence-corrected chi connectivity index (χ0v) is 11.0. The molecule has 16 heavy (non-hydrogen) atoms. The number of carbonyl (C=O) groups excluding carboxylic acids is 1. The molecule has 1 fully saturated rings. The Hall–Kier alpha value is -0.580. The molecule has 1 amide bonds. The molecule has 0 saturated carbocycles. The normalized spacial score (nSPS) is 20.2. The van der Waals surface area contributed by atoms with Crippen molar-refractivity contribution in [3.05, 3.63) is 33.3 Å². The molecule has 86 valence electrons. The maximum absolute atomic E-state index is 12.1. The number of nitrogens with two attached hydrogens (primary N) is 1. The van der Waals surface area contributed by atoms with Crippen molar-refractivity contribution in [2.45, 2.75) is 12.5 Å². The topological polar surface area (TPSA) is 46.3 Å². The third kappa shape index (κ3) is 2.39. The van der Waals surface area contributed by atoms with E-state index in [1.165, 1.54) is 0 Å². The molecule has 1 aromatic carbocycles. The molecule has 1 saturated heterocycles. The van der Waals surface area contributed by atoms with E-state index in [-0.39, 0.29) is 11.9 Å². The lowest BCUT2D eigenvalue weighted by atomic mass is 10.2. The number of hydrogen-bond acceptors (Lipinski definition) is 2. The number of benzene rings is 1. The van der Waals surface area contributed by atoms with Crippen molar-refractivity contribution in [3.63, 3.8) is 0 Å². The molecule has 1 unspecified atom stereocenters. The average Bonchev–Trinajstić information content (AvgIpc) is 2.67. The summed E-state index contributed by atoms with van der Waals surface area (Å²) < 4.78 is 0.766. The van der Waals surface area contributed by atoms with Crippen LogP contribution in [0.15, 0.2) is 22.7 Å². The van der Waals surface area contributed by atoms with Crippen molar-refractivity contribution in [1.29, 1.82) is 0 Å². The van der Waals surface area contributed by atoms with Crippen LogP contribution < -0.4 is 5.73 Å². The Kier molecular flexibility index (Phi) is 3.52. The summed E-state index contributed by atoms with van der Waals surface area (Å²) in [6.07, 6.45) is 0.865. The van der Waals surface area contributed by atoms with Gasteiger partial charge in [0, 0.05) is 28.6 Å². The molecular formula is C11H12BrClN2O. The van der Waals surface area contributed by atoms with E-state index >= 15 is 0 Å². The van der Waals surface area contributed by atoms with Crippen LogP contribution in [0.4, 0.5) is 0 Å². The first-order chi connectivity index (χ1) is 7.58. The van der Waals surface area contributed by atoms with Gasteiger partial charge >= 0.3 is 0 Å². The molecule has 0 spiro atoms. The lowest BCUT2D eigenvalue weighted by Gasteiger charge is -2.16. The Bertz CT molecular complexity index is 424. The minimum absolute atomic E-state index is 0.0117. The van der Waals surface area contributed by atoms with Gasteiger partial charge in [0.25, 0.3) is 5.91 Å². The molecule has 3 nitrogen and oxygen atoms in total. The highest BCUT2D eigenvalue weighted by Gasteiger charge is 2.25. The molecule has 0 bridgehead atoms. The number of carbonyl (C=O) groups is 1. The van der Waals surface area contributed by atoms with E-state index in [1.807, 2.05) is 0 Å². The highest BCUT2D eigenvalue weighted by Crippen LogP contribution is 2.23. The van der Waals surface area contributed by atoms with Crippen LogP contribution in [-0.2, 0) is 0 Å². The number of halogens is 2. The Morgan fingerprint density at radius 2 is 2.31 bits per heavy atom. The molecule has 2 rings (SSSR count). The van der Waals surface area contributed by atoms with Gasteiger partial charge in [0.1, 0.15) is 0 Å². The molecule has 1 heterocycles. The van der Waals surface area contributed by atoms with Crippen LogP contribution in [0, 0.1) is 0 Å². The zero-order valence-electron chi connectivity index (χ0n) is 8.62. The lowest BCUT2D eigenvalue weighted by molar-refractivity contribution is 0.0790. The monoisotopic (exact) mass is 302 g/mol. The van der Waals surface area contributed by atoms with Crippen LogP contribution in [0.25, 0.3) is 0 Å². The van der Waals surface area contributed by atoms with E-state index in [1.54, 1.807) is 23.1 Å². The van der Waals surface area contributed by atoms with Gasteiger partial charge in [-0.15, -0.1) is 0 Å². The predicted octanol–water partition coefficient (Wildman–Crippen LogP) is 2.28. The molecule has 5 heteroatoms. The van der Waals surface area contributed by atoms with Crippen LogP contribution in [0.5, 0.6) is 0 Å². The maximum atomic E-state index is 12.1. The summed E-state index contributed by atoms with van der Waals surface area (Å²) in [6, 6.07) is 5.31. The van der Waals surface area contributed by atoms with Crippen LogP contribution in [-0.4, -0.2) is 29.9 Å². The Morgan fingerprint density at radius 3 is 2.94 bits per heavy atom. The molecular weight excluding hydrogens is 291 g/mol. The molecule has 2 N–H and O–H groups in total. The molecule has 0 aromatic heterocycles. The largest absolute Gasteiger partial charge is 0.337 e. The highest BCUT2D eigenvalue weighted by molar-refractivity contribution is 9.10. The standard InChI is InChI=1S/C11H12BrClN2O/c12-10-2-1-7(13)5-9(10)11(16)15-4-3-8(14)6-15/h1-2,5,8H,3-4,6,14H2. The minimum Gasteiger partial charge on any atom is -0.337 e. The first kappa shape index (κ1) is 11.9. The first-order valence-electron chi connectivity index (χ1n) is 5.08. The van der Waals surface area contributed by atoms with Crippen molar-refractivity contribution in [2.24, 2.45) is 5.73 Å². The fourth-order valence-corrected chi connectivity index (χ4v) is 2.39. The van der Waals surface area contributed by atoms with E-state index in [2.05, 4.69) is 15.9 Å². The summed E-state index contributed by atoms with van der Waals surface area (Å²) >= 11 is 9.24. The number of rotatable bonds is 1. The van der Waals surface area contributed by atoms with Gasteiger partial charge in [0.2, 0.25) is 0 Å². The molecule has 0 aliphatic carbocycles. The number of amides is 1. The van der Waals surface area contributed by atoms with Crippen LogP contribution in [0.3, 0.4) is 0 Å². The van der Waals surface area contributed by atoms with E-state index in [9.17, 15) is 4.79 Å². The van der Waals surface area contributed by atoms with Crippen LogP contribution in [0.2, 0.25) is 5.02 Å². The summed E-state index contributed by atoms with van der Waals surface area (Å²) in [5.41, 5.74) is 6.38. The van der Waals surface area contributed by atoms with E-state index in [0.717, 1.165) is 17.4 Å². The molecule has 0 radical (unpaired) electrons. The average molecular weight is 304 g/mol. The quantitative estimate of drug-likeness (QED) is 0.865. The smallest absolute Gasteiger partial charge is 0.255 e. The van der Waals surface area contributed by atoms with Crippen molar-refractivity contribution in [3.8, 4) is 0 Å². The van der Waals surface area contributed by atoms with Crippen molar-refractivity contribution in [1.82, 2.24) is 4.90 Å². The number of hydrogen-bond donors (Lipinski definition) is 1. The number of likely N-dealkylation sites (tertiary alicyclic amines) is 1. The predicted molar refractivity (Wildman–Crippen MR) is 67.6 cm³/mol. The maximum Gasteiger partial charge on any atom is 0.255 e. The van der Waals surface area contributed by atoms with Crippen LogP contribution in [0.1, 0.15) is 16.8 Å². The zero-order chi connectivity index (χ0) is 11.7. The van der Waals surface area contributed by atoms with Crippen molar-refractivity contribution < 1.29 is 4.79 Å². The third-order valence-corrected chi connectivity index (χ3v) is 3.60. The van der Waals surface area contributed by atoms with Crippen molar-refractivity contribution in [2.75, 3.05) is 13.1 Å². The Balaban J connectivity index is 2.23. The van der Waals surface area contributed by atoms with Gasteiger partial charge < -0.3 is 10.6 Å². The lowest BCUT2D eigenvalue weighted by Crippen LogP contribution is -2.32. The van der Waals surface area contributed by atoms with Crippen molar-refractivity contribution >= 4 is 33.4 Å². The SMILES string of the molecule is NC1CCN(C(=O)c2cc(Cl)ccc2Br)C1. The second-order valence-electron chi connectivity index (χ2n) is 3.92. The minimum atomic E-state index is -0.0117. The third-order valence-electron chi connectivity index (χ3n) is 2.67. The molecule has 1 atom stereocenters. The van der Waals surface area contributed by atoms with E-state index < -0.39 is 0 Å². The van der Waals surface area contributed by atoms with Gasteiger partial charge in [-0.25, -0.2) is 0 Å². The fraction of sp³-hybridized carbons (Fsp3) is 0.364.